The highest BCUT2D eigenvalue weighted by Crippen LogP contribution is 2.17. The van der Waals surface area contributed by atoms with Crippen molar-refractivity contribution in [2.45, 2.75) is 90.6 Å². The summed E-state index contributed by atoms with van der Waals surface area (Å²) in [5.74, 6) is 3.88. The van der Waals surface area contributed by atoms with Crippen molar-refractivity contribution in [3.05, 3.63) is 11.6 Å². The lowest BCUT2D eigenvalue weighted by atomic mass is 10.0. The molecule has 2 N–H and O–H groups in total. The molecule has 0 amide bonds. The van der Waals surface area contributed by atoms with Crippen LogP contribution in [-0.4, -0.2) is 64.9 Å². The van der Waals surface area contributed by atoms with Gasteiger partial charge in [-0.05, 0) is 51.1 Å². The smallest absolute Gasteiger partial charge is 0.191 e. The van der Waals surface area contributed by atoms with Crippen molar-refractivity contribution >= 4 is 29.9 Å². The minimum atomic E-state index is 0. The van der Waals surface area contributed by atoms with Gasteiger partial charge < -0.3 is 15.2 Å². The third-order valence-electron chi connectivity index (χ3n) is 6.64. The van der Waals surface area contributed by atoms with Gasteiger partial charge in [-0.1, -0.05) is 33.1 Å². The number of nitrogens with zero attached hydrogens (tertiary/aromatic N) is 5. The Labute approximate surface area is 206 Å². The Morgan fingerprint density at radius 2 is 1.68 bits per heavy atom. The lowest BCUT2D eigenvalue weighted by molar-refractivity contribution is 0.161. The highest BCUT2D eigenvalue weighted by Gasteiger charge is 2.23. The Balaban J connectivity index is 0.00000341. The van der Waals surface area contributed by atoms with E-state index in [9.17, 15) is 0 Å². The fourth-order valence-electron chi connectivity index (χ4n) is 4.82. The van der Waals surface area contributed by atoms with Gasteiger partial charge in [0.2, 0.25) is 0 Å². The number of aliphatic imine (C=N–C) groups is 1. The van der Waals surface area contributed by atoms with Gasteiger partial charge in [0.05, 0.1) is 0 Å². The normalized spacial score (nSPS) is 19.2. The summed E-state index contributed by atoms with van der Waals surface area (Å²) in [7, 11) is 1.87. The monoisotopic (exact) mass is 545 g/mol. The largest absolute Gasteiger partial charge is 0.356 e. The van der Waals surface area contributed by atoms with Gasteiger partial charge in [0.25, 0.3) is 0 Å². The van der Waals surface area contributed by atoms with Gasteiger partial charge in [0.1, 0.15) is 11.6 Å². The molecule has 7 nitrogen and oxygen atoms in total. The third kappa shape index (κ3) is 8.18. The summed E-state index contributed by atoms with van der Waals surface area (Å²) in [6.07, 6.45) is 12.3. The minimum Gasteiger partial charge on any atom is -0.356 e. The van der Waals surface area contributed by atoms with Crippen LogP contribution in [0.4, 0.5) is 0 Å². The van der Waals surface area contributed by atoms with E-state index in [-0.39, 0.29) is 24.0 Å². The van der Waals surface area contributed by atoms with Crippen LogP contribution in [0.15, 0.2) is 4.99 Å². The maximum atomic E-state index is 4.45. The second kappa shape index (κ2) is 14.3. The summed E-state index contributed by atoms with van der Waals surface area (Å²) in [5, 5.41) is 15.9. The molecule has 178 valence electrons. The maximum Gasteiger partial charge on any atom is 0.191 e. The summed E-state index contributed by atoms with van der Waals surface area (Å²) in [6, 6.07) is 0.563. The fraction of sp³-hybridized carbons (Fsp3) is 0.870. The number of fused-ring (bicyclic) bond motifs is 1. The lowest BCUT2D eigenvalue weighted by Gasteiger charge is -2.34. The Morgan fingerprint density at radius 3 is 2.39 bits per heavy atom. The van der Waals surface area contributed by atoms with E-state index in [1.54, 1.807) is 0 Å². The maximum absolute atomic E-state index is 4.45. The molecule has 3 rings (SSSR count). The number of aryl methyl sites for hydroxylation is 2. The van der Waals surface area contributed by atoms with E-state index < -0.39 is 0 Å². The molecule has 1 aromatic rings. The van der Waals surface area contributed by atoms with E-state index in [0.717, 1.165) is 50.7 Å². The number of hydrogen-bond acceptors (Lipinski definition) is 4. The van der Waals surface area contributed by atoms with E-state index >= 15 is 0 Å². The van der Waals surface area contributed by atoms with Gasteiger partial charge in [-0.3, -0.25) is 9.89 Å². The van der Waals surface area contributed by atoms with E-state index in [1.807, 2.05) is 7.05 Å². The van der Waals surface area contributed by atoms with E-state index in [0.29, 0.717) is 12.0 Å². The van der Waals surface area contributed by atoms with Crippen LogP contribution in [0.25, 0.3) is 0 Å². The Bertz CT molecular complexity index is 650. The zero-order valence-electron chi connectivity index (χ0n) is 19.9. The van der Waals surface area contributed by atoms with E-state index in [1.165, 1.54) is 63.9 Å². The molecular weight excluding hydrogens is 501 g/mol. The predicted octanol–water partition coefficient (Wildman–Crippen LogP) is 3.62. The molecule has 1 unspecified atom stereocenters. The van der Waals surface area contributed by atoms with Crippen LogP contribution in [0.1, 0.15) is 76.9 Å². The molecule has 0 bridgehead atoms. The van der Waals surface area contributed by atoms with Gasteiger partial charge in [0.15, 0.2) is 5.96 Å². The number of rotatable bonds is 8. The quantitative estimate of drug-likeness (QED) is 0.226. The van der Waals surface area contributed by atoms with Gasteiger partial charge in [-0.15, -0.1) is 34.2 Å². The van der Waals surface area contributed by atoms with Crippen LogP contribution >= 0.6 is 24.0 Å². The second-order valence-corrected chi connectivity index (χ2v) is 9.24. The van der Waals surface area contributed by atoms with Crippen LogP contribution in [0.2, 0.25) is 0 Å². The van der Waals surface area contributed by atoms with E-state index in [2.05, 4.69) is 49.1 Å². The number of halogens is 1. The highest BCUT2D eigenvalue weighted by molar-refractivity contribution is 14.0. The highest BCUT2D eigenvalue weighted by atomic mass is 127. The molecule has 0 radical (unpaired) electrons. The zero-order valence-corrected chi connectivity index (χ0v) is 22.2. The predicted molar refractivity (Wildman–Crippen MR) is 139 cm³/mol. The van der Waals surface area contributed by atoms with Crippen LogP contribution in [-0.2, 0) is 19.4 Å². The van der Waals surface area contributed by atoms with Gasteiger partial charge in [-0.2, -0.15) is 0 Å². The number of guanidine groups is 1. The molecule has 8 heteroatoms. The number of aromatic nitrogens is 3. The first kappa shape index (κ1) is 26.4. The van der Waals surface area contributed by atoms with Crippen molar-refractivity contribution in [2.24, 2.45) is 10.9 Å². The molecule has 2 aliphatic heterocycles. The molecule has 3 heterocycles. The molecule has 0 saturated carbocycles. The summed E-state index contributed by atoms with van der Waals surface area (Å²) < 4.78 is 2.36. The summed E-state index contributed by atoms with van der Waals surface area (Å²) in [5.41, 5.74) is 0. The molecule has 1 fully saturated rings. The van der Waals surface area contributed by atoms with Crippen molar-refractivity contribution in [1.82, 2.24) is 30.3 Å². The summed E-state index contributed by atoms with van der Waals surface area (Å²) >= 11 is 0. The Morgan fingerprint density at radius 1 is 0.968 bits per heavy atom. The average molecular weight is 546 g/mol. The number of nitrogens with one attached hydrogen (secondary N) is 2. The molecule has 31 heavy (non-hydrogen) atoms. The van der Waals surface area contributed by atoms with Crippen molar-refractivity contribution in [3.63, 3.8) is 0 Å². The first-order valence-corrected chi connectivity index (χ1v) is 12.3. The van der Waals surface area contributed by atoms with Crippen molar-refractivity contribution in [1.29, 1.82) is 0 Å². The average Bonchev–Trinajstić information content (AvgIpc) is 2.94. The molecule has 0 spiro atoms. The van der Waals surface area contributed by atoms with Crippen molar-refractivity contribution in [2.75, 3.05) is 33.2 Å². The van der Waals surface area contributed by atoms with Gasteiger partial charge >= 0.3 is 0 Å². The molecule has 1 atom stereocenters. The molecule has 2 aliphatic rings. The first-order chi connectivity index (χ1) is 14.7. The Kier molecular flexibility index (Phi) is 12.1. The third-order valence-corrected chi connectivity index (χ3v) is 6.64. The molecule has 0 aromatic carbocycles. The Hall–Kier alpha value is -0.900. The van der Waals surface area contributed by atoms with Crippen molar-refractivity contribution in [3.8, 4) is 0 Å². The number of hydrogen-bond donors (Lipinski definition) is 2. The summed E-state index contributed by atoms with van der Waals surface area (Å²) in [4.78, 5) is 7.13. The van der Waals surface area contributed by atoms with Crippen LogP contribution in [0, 0.1) is 5.92 Å². The molecule has 1 aromatic heterocycles. The fourth-order valence-corrected chi connectivity index (χ4v) is 4.82. The van der Waals surface area contributed by atoms with Crippen LogP contribution < -0.4 is 10.6 Å². The molecular formula is C23H44IN7. The van der Waals surface area contributed by atoms with Crippen LogP contribution in [0.3, 0.4) is 0 Å². The second-order valence-electron chi connectivity index (χ2n) is 9.24. The zero-order chi connectivity index (χ0) is 21.2. The lowest BCUT2D eigenvalue weighted by Crippen LogP contribution is -2.49. The van der Waals surface area contributed by atoms with Crippen LogP contribution in [0.5, 0.6) is 0 Å². The van der Waals surface area contributed by atoms with Gasteiger partial charge in [-0.25, -0.2) is 0 Å². The number of likely N-dealkylation sites (tertiary alicyclic amines) is 1. The van der Waals surface area contributed by atoms with Gasteiger partial charge in [0, 0.05) is 45.6 Å². The molecule has 0 aliphatic carbocycles. The minimum absolute atomic E-state index is 0. The topological polar surface area (TPSA) is 70.4 Å². The first-order valence-electron chi connectivity index (χ1n) is 12.3. The van der Waals surface area contributed by atoms with Crippen molar-refractivity contribution < 1.29 is 0 Å². The standard InChI is InChI=1S/C23H43N7.HI/c1-19(2)20(29-15-8-4-5-9-16-29)18-26-23(24-3)25-14-11-13-22-28-27-21-12-7-6-10-17-30(21)22;/h19-20H,4-18H2,1-3H3,(H2,24,25,26);1H. The SMILES string of the molecule is CN=C(NCCCc1nnc2n1CCCCC2)NCC(C(C)C)N1CCCCCC1.I. The summed E-state index contributed by atoms with van der Waals surface area (Å²) in [6.45, 7) is 10.1. The molecule has 1 saturated heterocycles. The van der Waals surface area contributed by atoms with E-state index in [4.69, 9.17) is 0 Å².